The number of benzene rings is 1. The lowest BCUT2D eigenvalue weighted by Crippen LogP contribution is -2.30. The molecule has 0 aliphatic rings. The summed E-state index contributed by atoms with van der Waals surface area (Å²) in [7, 11) is 1.54. The minimum atomic E-state index is -0.350. The van der Waals surface area contributed by atoms with Gasteiger partial charge in [0.15, 0.2) is 0 Å². The molecule has 1 aromatic heterocycles. The van der Waals surface area contributed by atoms with Gasteiger partial charge in [-0.2, -0.15) is 11.3 Å². The molecule has 0 saturated heterocycles. The first-order valence-electron chi connectivity index (χ1n) is 6.25. The van der Waals surface area contributed by atoms with E-state index in [4.69, 9.17) is 4.74 Å². The topological polar surface area (TPSA) is 38.3 Å². The Bertz CT molecular complexity index is 557. The van der Waals surface area contributed by atoms with Crippen molar-refractivity contribution in [3.8, 4) is 0 Å². The minimum Gasteiger partial charge on any atom is -0.375 e. The predicted octanol–water partition coefficient (Wildman–Crippen LogP) is 2.93. The van der Waals surface area contributed by atoms with Crippen molar-refractivity contribution in [2.24, 2.45) is 0 Å². The molecule has 2 rings (SSSR count). The maximum absolute atomic E-state index is 13.2. The van der Waals surface area contributed by atoms with E-state index in [0.717, 1.165) is 5.56 Å². The van der Waals surface area contributed by atoms with Gasteiger partial charge in [-0.3, -0.25) is 4.79 Å². The van der Waals surface area contributed by atoms with E-state index in [1.807, 2.05) is 16.8 Å². The van der Waals surface area contributed by atoms with Crippen LogP contribution in [0.4, 0.5) is 4.39 Å². The first kappa shape index (κ1) is 14.7. The SMILES string of the molecule is CO[C@@H](CNC(=O)Cc1ccsc1)c1cccc(F)c1. The molecule has 0 bridgehead atoms. The molecule has 0 aliphatic heterocycles. The molecule has 0 radical (unpaired) electrons. The van der Waals surface area contributed by atoms with Crippen LogP contribution >= 0.6 is 11.3 Å². The Kier molecular flexibility index (Phi) is 5.26. The molecule has 1 heterocycles. The van der Waals surface area contributed by atoms with Crippen LogP contribution in [0.25, 0.3) is 0 Å². The number of hydrogen-bond donors (Lipinski definition) is 1. The minimum absolute atomic E-state index is 0.0677. The van der Waals surface area contributed by atoms with Gasteiger partial charge in [-0.1, -0.05) is 12.1 Å². The molecule has 1 aromatic carbocycles. The van der Waals surface area contributed by atoms with Crippen LogP contribution in [-0.2, 0) is 16.0 Å². The second-order valence-corrected chi connectivity index (χ2v) is 5.17. The van der Waals surface area contributed by atoms with Crippen molar-refractivity contribution in [2.45, 2.75) is 12.5 Å². The fourth-order valence-corrected chi connectivity index (χ4v) is 2.56. The Balaban J connectivity index is 1.89. The van der Waals surface area contributed by atoms with Gasteiger partial charge in [-0.25, -0.2) is 4.39 Å². The molecule has 5 heteroatoms. The molecule has 0 fully saturated rings. The second-order valence-electron chi connectivity index (χ2n) is 4.39. The molecular weight excluding hydrogens is 277 g/mol. The molecule has 0 unspecified atom stereocenters. The van der Waals surface area contributed by atoms with Crippen LogP contribution in [-0.4, -0.2) is 19.6 Å². The molecular formula is C15H16FNO2S. The highest BCUT2D eigenvalue weighted by molar-refractivity contribution is 7.07. The van der Waals surface area contributed by atoms with Crippen LogP contribution in [0.3, 0.4) is 0 Å². The van der Waals surface area contributed by atoms with Gasteiger partial charge in [0.05, 0.1) is 12.5 Å². The van der Waals surface area contributed by atoms with Gasteiger partial charge in [-0.05, 0) is 40.1 Å². The third-order valence-electron chi connectivity index (χ3n) is 2.93. The van der Waals surface area contributed by atoms with Crippen molar-refractivity contribution in [2.75, 3.05) is 13.7 Å². The summed E-state index contributed by atoms with van der Waals surface area (Å²) in [5, 5.41) is 6.69. The number of amides is 1. The Morgan fingerprint density at radius 1 is 1.45 bits per heavy atom. The highest BCUT2D eigenvalue weighted by Gasteiger charge is 2.13. The number of rotatable bonds is 6. The molecule has 1 amide bonds. The van der Waals surface area contributed by atoms with Crippen molar-refractivity contribution in [3.05, 3.63) is 58.0 Å². The molecule has 106 valence electrons. The van der Waals surface area contributed by atoms with Gasteiger partial charge in [0.25, 0.3) is 0 Å². The van der Waals surface area contributed by atoms with Crippen molar-refractivity contribution in [1.29, 1.82) is 0 Å². The van der Waals surface area contributed by atoms with E-state index in [0.29, 0.717) is 18.5 Å². The fourth-order valence-electron chi connectivity index (χ4n) is 1.89. The number of nitrogens with one attached hydrogen (secondary N) is 1. The van der Waals surface area contributed by atoms with E-state index in [-0.39, 0.29) is 17.8 Å². The van der Waals surface area contributed by atoms with E-state index in [9.17, 15) is 9.18 Å². The van der Waals surface area contributed by atoms with Crippen LogP contribution in [0.5, 0.6) is 0 Å². The maximum Gasteiger partial charge on any atom is 0.224 e. The van der Waals surface area contributed by atoms with Crippen LogP contribution < -0.4 is 5.32 Å². The number of halogens is 1. The Hall–Kier alpha value is -1.72. The summed E-state index contributed by atoms with van der Waals surface area (Å²) in [5.41, 5.74) is 1.70. The number of carbonyl (C=O) groups excluding carboxylic acids is 1. The third kappa shape index (κ3) is 4.15. The molecule has 2 aromatic rings. The smallest absolute Gasteiger partial charge is 0.224 e. The van der Waals surface area contributed by atoms with Gasteiger partial charge in [-0.15, -0.1) is 0 Å². The molecule has 0 saturated carbocycles. The van der Waals surface area contributed by atoms with Crippen LogP contribution in [0.15, 0.2) is 41.1 Å². The summed E-state index contributed by atoms with van der Waals surface area (Å²) in [4.78, 5) is 11.8. The van der Waals surface area contributed by atoms with E-state index < -0.39 is 0 Å². The zero-order valence-electron chi connectivity index (χ0n) is 11.1. The Morgan fingerprint density at radius 2 is 2.30 bits per heavy atom. The van der Waals surface area contributed by atoms with Crippen LogP contribution in [0, 0.1) is 5.82 Å². The number of methoxy groups -OCH3 is 1. The molecule has 1 N–H and O–H groups in total. The van der Waals surface area contributed by atoms with E-state index in [1.165, 1.54) is 12.1 Å². The Morgan fingerprint density at radius 3 is 2.95 bits per heavy atom. The molecule has 20 heavy (non-hydrogen) atoms. The van der Waals surface area contributed by atoms with Gasteiger partial charge in [0.1, 0.15) is 5.82 Å². The molecule has 3 nitrogen and oxygen atoms in total. The average molecular weight is 293 g/mol. The molecule has 0 spiro atoms. The van der Waals surface area contributed by atoms with Crippen molar-refractivity contribution in [1.82, 2.24) is 5.32 Å². The first-order chi connectivity index (χ1) is 9.69. The normalized spacial score (nSPS) is 12.1. The van der Waals surface area contributed by atoms with Crippen LogP contribution in [0.1, 0.15) is 17.2 Å². The highest BCUT2D eigenvalue weighted by Crippen LogP contribution is 2.16. The van der Waals surface area contributed by atoms with Crippen molar-refractivity contribution in [3.63, 3.8) is 0 Å². The second kappa shape index (κ2) is 7.17. The van der Waals surface area contributed by atoms with Gasteiger partial charge in [0, 0.05) is 13.7 Å². The largest absolute Gasteiger partial charge is 0.375 e. The summed E-state index contributed by atoms with van der Waals surface area (Å²) in [5.74, 6) is -0.379. The van der Waals surface area contributed by atoms with Gasteiger partial charge >= 0.3 is 0 Å². The fraction of sp³-hybridized carbons (Fsp3) is 0.267. The summed E-state index contributed by atoms with van der Waals surface area (Å²) in [6, 6.07) is 8.13. The van der Waals surface area contributed by atoms with Crippen LogP contribution in [0.2, 0.25) is 0 Å². The third-order valence-corrected chi connectivity index (χ3v) is 3.67. The monoisotopic (exact) mass is 293 g/mol. The number of ether oxygens (including phenoxy) is 1. The lowest BCUT2D eigenvalue weighted by atomic mass is 10.1. The lowest BCUT2D eigenvalue weighted by Gasteiger charge is -2.16. The Labute approximate surface area is 121 Å². The number of hydrogen-bond acceptors (Lipinski definition) is 3. The summed E-state index contributed by atoms with van der Waals surface area (Å²) < 4.78 is 18.5. The molecule has 0 aliphatic carbocycles. The number of thiophene rings is 1. The standard InChI is InChI=1S/C15H16FNO2S/c1-19-14(12-3-2-4-13(16)8-12)9-17-15(18)7-11-5-6-20-10-11/h2-6,8,10,14H,7,9H2,1H3,(H,17,18)/t14-/m0/s1. The van der Waals surface area contributed by atoms with E-state index >= 15 is 0 Å². The average Bonchev–Trinajstić information content (AvgIpc) is 2.92. The predicted molar refractivity (Wildman–Crippen MR) is 77.2 cm³/mol. The lowest BCUT2D eigenvalue weighted by molar-refractivity contribution is -0.121. The van der Waals surface area contributed by atoms with Crippen molar-refractivity contribution >= 4 is 17.2 Å². The zero-order chi connectivity index (χ0) is 14.4. The highest BCUT2D eigenvalue weighted by atomic mass is 32.1. The van der Waals surface area contributed by atoms with Crippen molar-refractivity contribution < 1.29 is 13.9 Å². The van der Waals surface area contributed by atoms with Gasteiger partial charge < -0.3 is 10.1 Å². The number of carbonyl (C=O) groups is 1. The first-order valence-corrected chi connectivity index (χ1v) is 7.19. The molecule has 1 atom stereocenters. The van der Waals surface area contributed by atoms with E-state index in [1.54, 1.807) is 30.6 Å². The van der Waals surface area contributed by atoms with E-state index in [2.05, 4.69) is 5.32 Å². The van der Waals surface area contributed by atoms with Gasteiger partial charge in [0.2, 0.25) is 5.91 Å². The summed E-state index contributed by atoms with van der Waals surface area (Å²) in [6.07, 6.45) is 0.000398. The zero-order valence-corrected chi connectivity index (χ0v) is 12.0. The maximum atomic E-state index is 13.2. The summed E-state index contributed by atoms with van der Waals surface area (Å²) in [6.45, 7) is 0.322. The summed E-state index contributed by atoms with van der Waals surface area (Å²) >= 11 is 1.56. The quantitative estimate of drug-likeness (QED) is 0.889.